The first-order chi connectivity index (χ1) is 23.0. The number of hydrogen-bond acceptors (Lipinski definition) is 10. The predicted molar refractivity (Wildman–Crippen MR) is 181 cm³/mol. The van der Waals surface area contributed by atoms with Gasteiger partial charge in [-0.25, -0.2) is 19.8 Å². The minimum absolute atomic E-state index is 0.170. The summed E-state index contributed by atoms with van der Waals surface area (Å²) in [5.74, 6) is -0.631. The van der Waals surface area contributed by atoms with Crippen LogP contribution in [-0.4, -0.2) is 62.6 Å². The Kier molecular flexibility index (Phi) is 12.2. The number of nitrogens with one attached hydrogen (secondary N) is 3. The van der Waals surface area contributed by atoms with E-state index < -0.39 is 29.9 Å². The van der Waals surface area contributed by atoms with Gasteiger partial charge in [0.15, 0.2) is 29.6 Å². The molecule has 0 saturated carbocycles. The molecule has 0 radical (unpaired) electrons. The summed E-state index contributed by atoms with van der Waals surface area (Å²) in [7, 11) is 2.93. The molecule has 15 heteroatoms. The molecule has 0 bridgehead atoms. The number of methoxy groups -OCH3 is 2. The molecular weight excluding hydrogens is 739 g/mol. The number of ether oxygens (including phenoxy) is 5. The molecule has 0 spiro atoms. The first-order valence-electron chi connectivity index (χ1n) is 14.4. The van der Waals surface area contributed by atoms with Gasteiger partial charge in [-0.2, -0.15) is 5.10 Å². The van der Waals surface area contributed by atoms with Gasteiger partial charge in [0.2, 0.25) is 0 Å². The number of urea groups is 1. The van der Waals surface area contributed by atoms with Crippen LogP contribution in [0.25, 0.3) is 0 Å². The molecule has 4 rings (SSSR count). The number of hydrogen-bond donors (Lipinski definition) is 4. The standard InChI is InChI=1S/C33H33IN4O10/c1-5-46-32(42)28-18(2)36-33(43)37-29(28)22-10-11-24(25(14-22)44-3)47-17-27(39)38-35-15-20-12-23(34)30(26(13-20)45-4)48-16-19-6-8-21(9-7-19)31(40)41/h6-15,29H,5,16-17H2,1-4H3,(H,38,39)(H,40,41)(H2,36,37,43)/b35-15-/t29-/m0/s1. The number of rotatable bonds is 14. The van der Waals surface area contributed by atoms with Gasteiger partial charge < -0.3 is 39.4 Å². The van der Waals surface area contributed by atoms with Gasteiger partial charge in [-0.3, -0.25) is 4.79 Å². The lowest BCUT2D eigenvalue weighted by atomic mass is 9.95. The van der Waals surface area contributed by atoms with Crippen molar-refractivity contribution in [2.45, 2.75) is 26.5 Å². The van der Waals surface area contributed by atoms with Gasteiger partial charge >= 0.3 is 18.0 Å². The Morgan fingerprint density at radius 3 is 2.40 bits per heavy atom. The molecular formula is C33H33IN4O10. The summed E-state index contributed by atoms with van der Waals surface area (Å²) in [6, 6.07) is 13.4. The largest absolute Gasteiger partial charge is 0.493 e. The molecule has 3 aromatic rings. The van der Waals surface area contributed by atoms with E-state index in [4.69, 9.17) is 28.8 Å². The van der Waals surface area contributed by atoms with E-state index in [1.54, 1.807) is 56.3 Å². The molecule has 0 saturated heterocycles. The smallest absolute Gasteiger partial charge is 0.338 e. The Morgan fingerprint density at radius 1 is 1.00 bits per heavy atom. The number of carbonyl (C=O) groups excluding carboxylic acids is 3. The number of benzene rings is 3. The summed E-state index contributed by atoms with van der Waals surface area (Å²) in [4.78, 5) is 48.4. The highest BCUT2D eigenvalue weighted by Crippen LogP contribution is 2.35. The van der Waals surface area contributed by atoms with E-state index in [1.165, 1.54) is 32.6 Å². The lowest BCUT2D eigenvalue weighted by molar-refractivity contribution is -0.139. The predicted octanol–water partition coefficient (Wildman–Crippen LogP) is 4.31. The van der Waals surface area contributed by atoms with Gasteiger partial charge in [0.05, 0.1) is 47.8 Å². The van der Waals surface area contributed by atoms with Crippen LogP contribution in [0.2, 0.25) is 0 Å². The minimum Gasteiger partial charge on any atom is -0.493 e. The van der Waals surface area contributed by atoms with Crippen LogP contribution in [-0.2, 0) is 20.9 Å². The van der Waals surface area contributed by atoms with Gasteiger partial charge in [0.1, 0.15) is 6.61 Å². The fourth-order valence-electron chi connectivity index (χ4n) is 4.61. The molecule has 0 aromatic heterocycles. The zero-order valence-electron chi connectivity index (χ0n) is 26.4. The third-order valence-corrected chi connectivity index (χ3v) is 7.68. The number of carboxylic acids is 1. The van der Waals surface area contributed by atoms with E-state index in [9.17, 15) is 19.2 Å². The summed E-state index contributed by atoms with van der Waals surface area (Å²) >= 11 is 2.10. The third-order valence-electron chi connectivity index (χ3n) is 6.88. The Morgan fingerprint density at radius 2 is 1.73 bits per heavy atom. The first-order valence-corrected chi connectivity index (χ1v) is 15.5. The van der Waals surface area contributed by atoms with Crippen molar-refractivity contribution in [2.75, 3.05) is 27.4 Å². The second-order valence-corrected chi connectivity index (χ2v) is 11.3. The van der Waals surface area contributed by atoms with Crippen LogP contribution in [0.3, 0.4) is 0 Å². The van der Waals surface area contributed by atoms with E-state index in [0.717, 1.165) is 9.13 Å². The highest BCUT2D eigenvalue weighted by Gasteiger charge is 2.32. The SMILES string of the molecule is CCOC(=O)C1=C(C)NC(=O)N[C@H]1c1ccc(OCC(=O)N/N=C\c2cc(I)c(OCc3ccc(C(=O)O)cc3)c(OC)c2)c(OC)c1. The van der Waals surface area contributed by atoms with E-state index in [2.05, 4.69) is 43.8 Å². The monoisotopic (exact) mass is 772 g/mol. The number of aromatic carboxylic acids is 1. The van der Waals surface area contributed by atoms with E-state index in [1.807, 2.05) is 0 Å². The zero-order valence-corrected chi connectivity index (χ0v) is 28.6. The third kappa shape index (κ3) is 8.93. The van der Waals surface area contributed by atoms with Crippen molar-refractivity contribution < 1.29 is 48.0 Å². The first kappa shape index (κ1) is 35.5. The van der Waals surface area contributed by atoms with Crippen LogP contribution < -0.4 is 35.0 Å². The average Bonchev–Trinajstić information content (AvgIpc) is 3.06. The van der Waals surface area contributed by atoms with Crippen LogP contribution >= 0.6 is 22.6 Å². The van der Waals surface area contributed by atoms with E-state index in [-0.39, 0.29) is 42.5 Å². The van der Waals surface area contributed by atoms with Crippen LogP contribution in [0, 0.1) is 3.57 Å². The Balaban J connectivity index is 1.36. The van der Waals surface area contributed by atoms with Crippen LogP contribution in [0.1, 0.15) is 46.9 Å². The number of hydrazone groups is 1. The van der Waals surface area contributed by atoms with Gasteiger partial charge in [-0.1, -0.05) is 18.2 Å². The molecule has 252 valence electrons. The summed E-state index contributed by atoms with van der Waals surface area (Å²) in [6.45, 7) is 3.29. The Labute approximate surface area is 289 Å². The molecule has 3 amide bonds. The molecule has 1 atom stereocenters. The van der Waals surface area contributed by atoms with E-state index >= 15 is 0 Å². The number of carboxylic acid groups (broad SMARTS) is 1. The Hall–Kier alpha value is -5.32. The van der Waals surface area contributed by atoms with Crippen LogP contribution in [0.15, 0.2) is 71.0 Å². The lowest BCUT2D eigenvalue weighted by Gasteiger charge is -2.28. The molecule has 1 heterocycles. The molecule has 4 N–H and O–H groups in total. The molecule has 1 aliphatic rings. The number of allylic oxidation sites excluding steroid dienone is 1. The second-order valence-electron chi connectivity index (χ2n) is 10.1. The molecule has 3 aromatic carbocycles. The van der Waals surface area contributed by atoms with Crippen molar-refractivity contribution in [1.82, 2.24) is 16.1 Å². The van der Waals surface area contributed by atoms with Crippen molar-refractivity contribution in [2.24, 2.45) is 5.10 Å². The van der Waals surface area contributed by atoms with Crippen molar-refractivity contribution in [3.8, 4) is 23.0 Å². The highest BCUT2D eigenvalue weighted by molar-refractivity contribution is 14.1. The molecule has 0 unspecified atom stereocenters. The number of nitrogens with zero attached hydrogens (tertiary/aromatic N) is 1. The van der Waals surface area contributed by atoms with Crippen molar-refractivity contribution >= 4 is 52.7 Å². The Bertz CT molecular complexity index is 1760. The van der Waals surface area contributed by atoms with Crippen LogP contribution in [0.5, 0.6) is 23.0 Å². The summed E-state index contributed by atoms with van der Waals surface area (Å²) in [5.41, 5.74) is 5.18. The molecule has 0 fully saturated rings. The normalized spacial score (nSPS) is 14.1. The fraction of sp³-hybridized carbons (Fsp3) is 0.242. The number of carbonyl (C=O) groups is 4. The van der Waals surface area contributed by atoms with Gasteiger partial charge in [-0.15, -0.1) is 0 Å². The molecule has 48 heavy (non-hydrogen) atoms. The van der Waals surface area contributed by atoms with Crippen molar-refractivity contribution in [1.29, 1.82) is 0 Å². The number of amides is 3. The molecule has 1 aliphatic heterocycles. The van der Waals surface area contributed by atoms with Gasteiger partial charge in [0.25, 0.3) is 5.91 Å². The van der Waals surface area contributed by atoms with Crippen molar-refractivity contribution in [3.05, 3.63) is 91.7 Å². The summed E-state index contributed by atoms with van der Waals surface area (Å²) in [6.07, 6.45) is 1.44. The van der Waals surface area contributed by atoms with E-state index in [0.29, 0.717) is 28.3 Å². The van der Waals surface area contributed by atoms with Crippen LogP contribution in [0.4, 0.5) is 4.79 Å². The zero-order chi connectivity index (χ0) is 34.8. The topological polar surface area (TPSA) is 183 Å². The molecule has 14 nitrogen and oxygen atoms in total. The maximum Gasteiger partial charge on any atom is 0.338 e. The second kappa shape index (κ2) is 16.5. The van der Waals surface area contributed by atoms with Gasteiger partial charge in [-0.05, 0) is 89.5 Å². The summed E-state index contributed by atoms with van der Waals surface area (Å²) in [5, 5.41) is 18.4. The molecule has 0 aliphatic carbocycles. The lowest BCUT2D eigenvalue weighted by Crippen LogP contribution is -2.45. The maximum absolute atomic E-state index is 12.6. The number of esters is 1. The summed E-state index contributed by atoms with van der Waals surface area (Å²) < 4.78 is 28.5. The maximum atomic E-state index is 12.6. The average molecular weight is 773 g/mol. The highest BCUT2D eigenvalue weighted by atomic mass is 127. The number of halogens is 1. The quantitative estimate of drug-likeness (QED) is 0.0798. The van der Waals surface area contributed by atoms with Gasteiger partial charge in [0, 0.05) is 5.70 Å². The van der Waals surface area contributed by atoms with Crippen molar-refractivity contribution in [3.63, 3.8) is 0 Å². The fourth-order valence-corrected chi connectivity index (χ4v) is 5.40. The minimum atomic E-state index is -1.00.